The molecule has 2 aliphatic rings. The average molecular weight is 448 g/mol. The molecule has 2 aliphatic heterocycles. The first-order valence-corrected chi connectivity index (χ1v) is 11.5. The van der Waals surface area contributed by atoms with Crippen molar-refractivity contribution in [3.05, 3.63) is 29.8 Å². The van der Waals surface area contributed by atoms with Crippen molar-refractivity contribution in [3.8, 4) is 5.75 Å². The summed E-state index contributed by atoms with van der Waals surface area (Å²) in [6, 6.07) is 2.15. The number of nitrogens with one attached hydrogen (secondary N) is 1. The van der Waals surface area contributed by atoms with Crippen LogP contribution in [0.3, 0.4) is 0 Å². The van der Waals surface area contributed by atoms with Crippen LogP contribution in [0, 0.1) is 11.6 Å². The molecule has 8 nitrogen and oxygen atoms in total. The van der Waals surface area contributed by atoms with Crippen molar-refractivity contribution in [1.82, 2.24) is 9.62 Å². The van der Waals surface area contributed by atoms with Gasteiger partial charge in [0.05, 0.1) is 24.5 Å². The molecule has 30 heavy (non-hydrogen) atoms. The fourth-order valence-electron chi connectivity index (χ4n) is 3.81. The maximum absolute atomic E-state index is 13.6. The van der Waals surface area contributed by atoms with Gasteiger partial charge in [0.15, 0.2) is 18.2 Å². The fourth-order valence-corrected chi connectivity index (χ4v) is 4.67. The van der Waals surface area contributed by atoms with E-state index in [0.29, 0.717) is 32.0 Å². The molecule has 2 saturated heterocycles. The van der Waals surface area contributed by atoms with Gasteiger partial charge in [-0.05, 0) is 38.3 Å². The highest BCUT2D eigenvalue weighted by Crippen LogP contribution is 2.38. The molecular formula is C19H26F2N2O6S. The van der Waals surface area contributed by atoms with Crippen LogP contribution in [0.4, 0.5) is 8.78 Å². The first-order valence-electron chi connectivity index (χ1n) is 9.58. The monoisotopic (exact) mass is 448 g/mol. The molecule has 1 aromatic rings. The van der Waals surface area contributed by atoms with E-state index in [1.54, 1.807) is 4.90 Å². The number of ether oxygens (including phenoxy) is 2. The predicted molar refractivity (Wildman–Crippen MR) is 103 cm³/mol. The molecule has 0 radical (unpaired) electrons. The molecule has 168 valence electrons. The van der Waals surface area contributed by atoms with Crippen LogP contribution in [-0.4, -0.2) is 74.1 Å². The number of aliphatic hydroxyl groups is 1. The minimum atomic E-state index is -3.52. The van der Waals surface area contributed by atoms with Crippen LogP contribution in [0.5, 0.6) is 5.75 Å². The molecule has 1 aromatic carbocycles. The van der Waals surface area contributed by atoms with Gasteiger partial charge in [-0.1, -0.05) is 0 Å². The Morgan fingerprint density at radius 1 is 1.37 bits per heavy atom. The van der Waals surface area contributed by atoms with Gasteiger partial charge in [-0.25, -0.2) is 21.9 Å². The summed E-state index contributed by atoms with van der Waals surface area (Å²) in [7, 11) is -3.52. The minimum Gasteiger partial charge on any atom is -0.481 e. The van der Waals surface area contributed by atoms with Crippen molar-refractivity contribution in [2.45, 2.75) is 43.4 Å². The van der Waals surface area contributed by atoms with E-state index in [2.05, 4.69) is 4.72 Å². The zero-order valence-electron chi connectivity index (χ0n) is 16.9. The number of hydrogen-bond acceptors (Lipinski definition) is 6. The molecule has 11 heteroatoms. The summed E-state index contributed by atoms with van der Waals surface area (Å²) in [5, 5.41) is 10.5. The van der Waals surface area contributed by atoms with E-state index in [-0.39, 0.29) is 31.3 Å². The molecule has 0 bridgehead atoms. The van der Waals surface area contributed by atoms with Crippen molar-refractivity contribution >= 4 is 15.9 Å². The summed E-state index contributed by atoms with van der Waals surface area (Å²) >= 11 is 0. The van der Waals surface area contributed by atoms with E-state index in [1.807, 2.05) is 0 Å². The molecule has 2 atom stereocenters. The number of likely N-dealkylation sites (tertiary alicyclic amines) is 1. The van der Waals surface area contributed by atoms with Gasteiger partial charge in [-0.15, -0.1) is 0 Å². The van der Waals surface area contributed by atoms with Gasteiger partial charge in [-0.3, -0.25) is 4.79 Å². The van der Waals surface area contributed by atoms with Gasteiger partial charge in [0.1, 0.15) is 11.4 Å². The lowest BCUT2D eigenvalue weighted by molar-refractivity contribution is -0.191. The van der Waals surface area contributed by atoms with Crippen LogP contribution in [0.2, 0.25) is 0 Å². The Balaban J connectivity index is 1.56. The van der Waals surface area contributed by atoms with Crippen molar-refractivity contribution in [2.75, 3.05) is 32.6 Å². The summed E-state index contributed by atoms with van der Waals surface area (Å²) < 4.78 is 63.4. The first kappa shape index (κ1) is 22.9. The Morgan fingerprint density at radius 2 is 2.03 bits per heavy atom. The molecule has 2 N–H and O–H groups in total. The van der Waals surface area contributed by atoms with Crippen LogP contribution in [-0.2, 0) is 19.6 Å². The Labute approximate surface area is 174 Å². The number of sulfonamides is 1. The summed E-state index contributed by atoms with van der Waals surface area (Å²) in [5.74, 6) is -2.16. The summed E-state index contributed by atoms with van der Waals surface area (Å²) in [6.07, 6.45) is 2.24. The maximum Gasteiger partial charge on any atom is 0.260 e. The Kier molecular flexibility index (Phi) is 6.38. The molecule has 3 rings (SSSR count). The number of rotatable bonds is 5. The smallest absolute Gasteiger partial charge is 0.260 e. The number of piperidine rings is 1. The molecule has 0 aromatic heterocycles. The Bertz CT molecular complexity index is 900. The zero-order valence-corrected chi connectivity index (χ0v) is 17.7. The van der Waals surface area contributed by atoms with Gasteiger partial charge < -0.3 is 19.5 Å². The summed E-state index contributed by atoms with van der Waals surface area (Å²) in [5.41, 5.74) is -1.99. The molecule has 1 spiro atoms. The largest absolute Gasteiger partial charge is 0.481 e. The van der Waals surface area contributed by atoms with Gasteiger partial charge in [0.25, 0.3) is 5.91 Å². The second kappa shape index (κ2) is 8.37. The van der Waals surface area contributed by atoms with Crippen LogP contribution in [0.25, 0.3) is 0 Å². The highest BCUT2D eigenvalue weighted by atomic mass is 32.2. The van der Waals surface area contributed by atoms with Crippen molar-refractivity contribution in [2.24, 2.45) is 0 Å². The van der Waals surface area contributed by atoms with Gasteiger partial charge >= 0.3 is 0 Å². The van der Waals surface area contributed by atoms with E-state index in [0.717, 1.165) is 18.4 Å². The second-order valence-corrected chi connectivity index (χ2v) is 10.00. The van der Waals surface area contributed by atoms with Gasteiger partial charge in [0.2, 0.25) is 10.0 Å². The average Bonchev–Trinajstić information content (AvgIpc) is 2.64. The van der Waals surface area contributed by atoms with Crippen LogP contribution < -0.4 is 9.46 Å². The van der Waals surface area contributed by atoms with Gasteiger partial charge in [-0.2, -0.15) is 0 Å². The van der Waals surface area contributed by atoms with Gasteiger partial charge in [0, 0.05) is 19.2 Å². The maximum atomic E-state index is 13.6. The number of carbonyl (C=O) groups is 1. The van der Waals surface area contributed by atoms with Crippen LogP contribution >= 0.6 is 0 Å². The third-order valence-corrected chi connectivity index (χ3v) is 6.34. The normalized spacial score (nSPS) is 26.6. The predicted octanol–water partition coefficient (Wildman–Crippen LogP) is 0.794. The van der Waals surface area contributed by atoms with Crippen LogP contribution in [0.15, 0.2) is 18.2 Å². The van der Waals surface area contributed by atoms with Crippen molar-refractivity contribution in [1.29, 1.82) is 0 Å². The second-order valence-electron chi connectivity index (χ2n) is 8.22. The Morgan fingerprint density at radius 3 is 2.63 bits per heavy atom. The first-order chi connectivity index (χ1) is 13.9. The molecule has 0 aliphatic carbocycles. The van der Waals surface area contributed by atoms with Crippen molar-refractivity contribution in [3.63, 3.8) is 0 Å². The highest BCUT2D eigenvalue weighted by Gasteiger charge is 2.49. The molecular weight excluding hydrogens is 422 g/mol. The minimum absolute atomic E-state index is 0.0267. The van der Waals surface area contributed by atoms with E-state index < -0.39 is 38.9 Å². The standard InChI is InChI=1S/C19H26F2N2O6S/c1-18(25)12-29-19(10-16(18)22-30(2,26)27)5-7-23(8-6-19)17(24)11-28-15-4-3-13(20)9-14(15)21/h3-4,9,16,22,25H,5-8,10-12H2,1-2H3/t16-,18-/m0/s1. The number of nitrogens with zero attached hydrogens (tertiary/aromatic N) is 1. The third kappa shape index (κ3) is 5.45. The van der Waals surface area contributed by atoms with E-state index in [1.165, 1.54) is 6.92 Å². The van der Waals surface area contributed by atoms with E-state index in [4.69, 9.17) is 9.47 Å². The Hall–Kier alpha value is -1.82. The molecule has 0 unspecified atom stereocenters. The third-order valence-electron chi connectivity index (χ3n) is 5.63. The highest BCUT2D eigenvalue weighted by molar-refractivity contribution is 7.88. The quantitative estimate of drug-likeness (QED) is 0.690. The number of hydrogen-bond donors (Lipinski definition) is 2. The molecule has 1 amide bonds. The SMILES string of the molecule is C[C@]1(O)COC2(CCN(C(=O)COc3ccc(F)cc3F)CC2)C[C@@H]1NS(C)(=O)=O. The number of carbonyl (C=O) groups excluding carboxylic acids is 1. The number of benzene rings is 1. The summed E-state index contributed by atoms with van der Waals surface area (Å²) in [6.45, 7) is 1.81. The topological polar surface area (TPSA) is 105 Å². The number of halogens is 2. The zero-order chi connectivity index (χ0) is 22.2. The summed E-state index contributed by atoms with van der Waals surface area (Å²) in [4.78, 5) is 14.0. The molecule has 2 heterocycles. The lowest BCUT2D eigenvalue weighted by Crippen LogP contribution is -2.64. The lowest BCUT2D eigenvalue weighted by Gasteiger charge is -2.50. The molecule has 2 fully saturated rings. The fraction of sp³-hybridized carbons (Fsp3) is 0.632. The lowest BCUT2D eigenvalue weighted by atomic mass is 9.78. The molecule has 0 saturated carbocycles. The number of amides is 1. The van der Waals surface area contributed by atoms with Crippen LogP contribution in [0.1, 0.15) is 26.2 Å². The van der Waals surface area contributed by atoms with Crippen molar-refractivity contribution < 1.29 is 36.6 Å². The van der Waals surface area contributed by atoms with E-state index in [9.17, 15) is 27.1 Å². The van der Waals surface area contributed by atoms with E-state index >= 15 is 0 Å².